The smallest absolute Gasteiger partial charge is 0.310 e. The zero-order valence-electron chi connectivity index (χ0n) is 17.1. The molecule has 1 atom stereocenters. The standard InChI is InChI=1S/C22H29N3O4/c1-3-29-22(28)17-10-7-12-25(15-17)19-18(20(26)21(19)27)23-11-13-24(2)14-16-8-5-4-6-9-16/h4-6,8-9,17,23H,3,7,10-15H2,1-2H3/t17-/m0/s1. The van der Waals surface area contributed by atoms with Gasteiger partial charge in [0.15, 0.2) is 0 Å². The maximum absolute atomic E-state index is 12.2. The van der Waals surface area contributed by atoms with Gasteiger partial charge in [-0.15, -0.1) is 0 Å². The van der Waals surface area contributed by atoms with E-state index in [1.165, 1.54) is 5.56 Å². The SMILES string of the molecule is CCOC(=O)[C@H]1CCCN(c2c(NCCN(C)Cc3ccccc3)c(=O)c2=O)C1. The predicted molar refractivity (Wildman–Crippen MR) is 114 cm³/mol. The zero-order valence-corrected chi connectivity index (χ0v) is 17.1. The summed E-state index contributed by atoms with van der Waals surface area (Å²) in [6.07, 6.45) is 1.54. The summed E-state index contributed by atoms with van der Waals surface area (Å²) in [4.78, 5) is 40.4. The molecule has 3 rings (SSSR count). The van der Waals surface area contributed by atoms with Crippen LogP contribution in [0, 0.1) is 5.92 Å². The summed E-state index contributed by atoms with van der Waals surface area (Å²) in [5.41, 5.74) is 1.10. The van der Waals surface area contributed by atoms with Crippen LogP contribution in [0.15, 0.2) is 39.9 Å². The lowest BCUT2D eigenvalue weighted by atomic mass is 9.96. The van der Waals surface area contributed by atoms with E-state index in [4.69, 9.17) is 4.74 Å². The molecule has 0 amide bonds. The molecule has 2 aromatic rings. The molecule has 0 radical (unpaired) electrons. The number of nitrogens with one attached hydrogen (secondary N) is 1. The minimum atomic E-state index is -0.469. The Hall–Kier alpha value is -2.67. The van der Waals surface area contributed by atoms with Gasteiger partial charge >= 0.3 is 5.97 Å². The van der Waals surface area contributed by atoms with Crippen molar-refractivity contribution in [1.82, 2.24) is 4.90 Å². The second-order valence-corrected chi connectivity index (χ2v) is 7.57. The number of piperidine rings is 1. The van der Waals surface area contributed by atoms with Crippen LogP contribution < -0.4 is 21.1 Å². The summed E-state index contributed by atoms with van der Waals surface area (Å²) in [5.74, 6) is -0.481. The van der Waals surface area contributed by atoms with Crippen LogP contribution in [0.25, 0.3) is 0 Å². The molecule has 1 aliphatic rings. The van der Waals surface area contributed by atoms with E-state index in [1.54, 1.807) is 6.92 Å². The van der Waals surface area contributed by atoms with E-state index in [0.29, 0.717) is 37.6 Å². The number of ether oxygens (including phenoxy) is 1. The monoisotopic (exact) mass is 399 g/mol. The number of hydrogen-bond acceptors (Lipinski definition) is 7. The zero-order chi connectivity index (χ0) is 20.8. The van der Waals surface area contributed by atoms with Gasteiger partial charge in [-0.1, -0.05) is 30.3 Å². The molecular formula is C22H29N3O4. The molecule has 0 saturated carbocycles. The van der Waals surface area contributed by atoms with Crippen molar-refractivity contribution in [3.63, 3.8) is 0 Å². The van der Waals surface area contributed by atoms with Crippen molar-refractivity contribution in [2.75, 3.05) is 50.1 Å². The third-order valence-corrected chi connectivity index (χ3v) is 5.33. The number of benzene rings is 1. The number of rotatable bonds is 9. The van der Waals surface area contributed by atoms with Crippen molar-refractivity contribution in [2.24, 2.45) is 5.92 Å². The highest BCUT2D eigenvalue weighted by atomic mass is 16.5. The first-order valence-corrected chi connectivity index (χ1v) is 10.2. The number of anilines is 2. The van der Waals surface area contributed by atoms with Gasteiger partial charge in [0.05, 0.1) is 12.5 Å². The molecule has 2 aromatic carbocycles. The summed E-state index contributed by atoms with van der Waals surface area (Å²) in [5, 5.41) is 3.14. The fourth-order valence-electron chi connectivity index (χ4n) is 3.82. The predicted octanol–water partition coefficient (Wildman–Crippen LogP) is 1.61. The Balaban J connectivity index is 1.56. The summed E-state index contributed by atoms with van der Waals surface area (Å²) >= 11 is 0. The van der Waals surface area contributed by atoms with Crippen molar-refractivity contribution in [1.29, 1.82) is 0 Å². The fraction of sp³-hybridized carbons (Fsp3) is 0.500. The highest BCUT2D eigenvalue weighted by Crippen LogP contribution is 2.26. The van der Waals surface area contributed by atoms with Crippen LogP contribution in [0.5, 0.6) is 0 Å². The molecule has 0 aliphatic carbocycles. The first-order valence-electron chi connectivity index (χ1n) is 10.2. The van der Waals surface area contributed by atoms with Gasteiger partial charge in [-0.3, -0.25) is 14.4 Å². The minimum absolute atomic E-state index is 0.229. The second-order valence-electron chi connectivity index (χ2n) is 7.57. The first kappa shape index (κ1) is 21.0. The van der Waals surface area contributed by atoms with Gasteiger partial charge in [-0.2, -0.15) is 0 Å². The highest BCUT2D eigenvalue weighted by Gasteiger charge is 2.32. The van der Waals surface area contributed by atoms with E-state index in [2.05, 4.69) is 22.3 Å². The molecule has 156 valence electrons. The fourth-order valence-corrected chi connectivity index (χ4v) is 3.82. The van der Waals surface area contributed by atoms with Crippen LogP contribution >= 0.6 is 0 Å². The number of carbonyl (C=O) groups excluding carboxylic acids is 1. The molecule has 7 heteroatoms. The van der Waals surface area contributed by atoms with Crippen LogP contribution in [0.3, 0.4) is 0 Å². The minimum Gasteiger partial charge on any atom is -0.466 e. The summed E-state index contributed by atoms with van der Waals surface area (Å²) < 4.78 is 5.12. The van der Waals surface area contributed by atoms with E-state index in [0.717, 1.165) is 25.9 Å². The normalized spacial score (nSPS) is 16.9. The number of nitrogens with zero attached hydrogens (tertiary/aromatic N) is 2. The maximum atomic E-state index is 12.2. The Labute approximate surface area is 171 Å². The molecule has 7 nitrogen and oxygen atoms in total. The Morgan fingerprint density at radius 1 is 1.24 bits per heavy atom. The van der Waals surface area contributed by atoms with Crippen molar-refractivity contribution < 1.29 is 9.53 Å². The van der Waals surface area contributed by atoms with Crippen molar-refractivity contribution in [3.8, 4) is 0 Å². The van der Waals surface area contributed by atoms with Crippen LogP contribution in [-0.2, 0) is 16.1 Å². The Kier molecular flexibility index (Phi) is 7.04. The van der Waals surface area contributed by atoms with Gasteiger partial charge < -0.3 is 19.9 Å². The Morgan fingerprint density at radius 2 is 2.00 bits per heavy atom. The van der Waals surface area contributed by atoms with E-state index in [9.17, 15) is 14.4 Å². The Morgan fingerprint density at radius 3 is 2.72 bits per heavy atom. The molecule has 1 aliphatic heterocycles. The third-order valence-electron chi connectivity index (χ3n) is 5.33. The van der Waals surface area contributed by atoms with Gasteiger partial charge in [-0.05, 0) is 32.4 Å². The Bertz CT molecular complexity index is 889. The van der Waals surface area contributed by atoms with E-state index in [-0.39, 0.29) is 11.9 Å². The van der Waals surface area contributed by atoms with Crippen LogP contribution in [0.2, 0.25) is 0 Å². The molecule has 0 spiro atoms. The van der Waals surface area contributed by atoms with Crippen LogP contribution in [0.1, 0.15) is 25.3 Å². The molecule has 0 aromatic heterocycles. The summed E-state index contributed by atoms with van der Waals surface area (Å²) in [6, 6.07) is 10.2. The van der Waals surface area contributed by atoms with E-state index >= 15 is 0 Å². The molecule has 0 unspecified atom stereocenters. The van der Waals surface area contributed by atoms with Gasteiger partial charge in [0.1, 0.15) is 11.4 Å². The van der Waals surface area contributed by atoms with Gasteiger partial charge in [0.25, 0.3) is 10.9 Å². The summed E-state index contributed by atoms with van der Waals surface area (Å²) in [7, 11) is 2.02. The lowest BCUT2D eigenvalue weighted by molar-refractivity contribution is -0.148. The van der Waals surface area contributed by atoms with Crippen molar-refractivity contribution >= 4 is 17.3 Å². The first-order chi connectivity index (χ1) is 14.0. The van der Waals surface area contributed by atoms with Gasteiger partial charge in [0.2, 0.25) is 0 Å². The maximum Gasteiger partial charge on any atom is 0.310 e. The average molecular weight is 399 g/mol. The molecule has 1 N–H and O–H groups in total. The van der Waals surface area contributed by atoms with Crippen LogP contribution in [-0.4, -0.2) is 50.7 Å². The van der Waals surface area contributed by atoms with Gasteiger partial charge in [-0.25, -0.2) is 0 Å². The topological polar surface area (TPSA) is 79.0 Å². The molecule has 1 heterocycles. The number of carbonyl (C=O) groups is 1. The van der Waals surface area contributed by atoms with E-state index < -0.39 is 10.9 Å². The number of esters is 1. The van der Waals surface area contributed by atoms with E-state index in [1.807, 2.05) is 30.1 Å². The van der Waals surface area contributed by atoms with Gasteiger partial charge in [0, 0.05) is 32.7 Å². The lowest BCUT2D eigenvalue weighted by Crippen LogP contribution is -2.48. The molecule has 0 bridgehead atoms. The molecule has 1 fully saturated rings. The largest absolute Gasteiger partial charge is 0.466 e. The average Bonchev–Trinajstić information content (AvgIpc) is 2.73. The quantitative estimate of drug-likeness (QED) is 0.507. The molecule has 1 saturated heterocycles. The second kappa shape index (κ2) is 9.69. The van der Waals surface area contributed by atoms with Crippen LogP contribution in [0.4, 0.5) is 11.4 Å². The lowest BCUT2D eigenvalue weighted by Gasteiger charge is -2.34. The molecule has 29 heavy (non-hydrogen) atoms. The van der Waals surface area contributed by atoms with Crippen molar-refractivity contribution in [3.05, 3.63) is 56.3 Å². The summed E-state index contributed by atoms with van der Waals surface area (Å²) in [6.45, 7) is 5.34. The third kappa shape index (κ3) is 5.03. The number of hydrogen-bond donors (Lipinski definition) is 1. The number of likely N-dealkylation sites (N-methyl/N-ethyl adjacent to an activating group) is 1. The van der Waals surface area contributed by atoms with Crippen molar-refractivity contribution in [2.45, 2.75) is 26.3 Å². The molecular weight excluding hydrogens is 370 g/mol. The highest BCUT2D eigenvalue weighted by molar-refractivity contribution is 5.78.